The number of halogens is 1. The van der Waals surface area contributed by atoms with Gasteiger partial charge in [-0.05, 0) is 0 Å². The van der Waals surface area contributed by atoms with Gasteiger partial charge in [-0.2, -0.15) is 0 Å². The number of aliphatic hydroxyl groups is 4. The van der Waals surface area contributed by atoms with E-state index in [0.717, 1.165) is 12.1 Å². The zero-order chi connectivity index (χ0) is 24.7. The number of hydrogen-bond acceptors (Lipinski definition) is 11. The van der Waals surface area contributed by atoms with Gasteiger partial charge in [-0.15, -0.1) is 0 Å². The standard InChI is InChI=1S/C22H22O12.ClH/c1-31-14-3-8(2-12(26)17(14)27)21-15(6-10-11(25)4-9(24)5-13(10)32-21)33-22-20(30)19(29)18(28)16(7-23)34-22;/h2-6,16,18-20,22-23,28-30H,7H2,1H3,(H3-,24,25,26,27);1H. The van der Waals surface area contributed by atoms with Gasteiger partial charge >= 0.3 is 11.3 Å². The van der Waals surface area contributed by atoms with Crippen LogP contribution in [0.3, 0.4) is 0 Å². The highest BCUT2D eigenvalue weighted by Crippen LogP contribution is 2.45. The molecule has 12 nitrogen and oxygen atoms in total. The SMILES string of the molecule is COc1cc(-c2[o+]c3cc(O)cc(O)c3cc2OC2OC(CO)C(O)C(O)C2O)cc(O)c1O.[Cl-]. The van der Waals surface area contributed by atoms with Gasteiger partial charge in [-0.3, -0.25) is 0 Å². The van der Waals surface area contributed by atoms with Gasteiger partial charge in [0.25, 0.3) is 0 Å². The van der Waals surface area contributed by atoms with E-state index in [-0.39, 0.29) is 57.7 Å². The molecule has 3 aromatic rings. The van der Waals surface area contributed by atoms with Crippen LogP contribution in [0.1, 0.15) is 0 Å². The maximum Gasteiger partial charge on any atom is 0.402 e. The Hall–Kier alpha value is -3.26. The van der Waals surface area contributed by atoms with Crippen molar-refractivity contribution in [2.45, 2.75) is 30.7 Å². The lowest BCUT2D eigenvalue weighted by Gasteiger charge is -2.39. The first-order chi connectivity index (χ1) is 16.1. The van der Waals surface area contributed by atoms with E-state index in [0.29, 0.717) is 0 Å². The van der Waals surface area contributed by atoms with Gasteiger partial charge in [0.2, 0.25) is 17.8 Å². The predicted molar refractivity (Wildman–Crippen MR) is 114 cm³/mol. The van der Waals surface area contributed by atoms with Crippen molar-refractivity contribution in [3.8, 4) is 45.8 Å². The molecule has 13 heteroatoms. The number of rotatable bonds is 5. The smallest absolute Gasteiger partial charge is 0.402 e. The zero-order valence-corrected chi connectivity index (χ0v) is 18.8. The Balaban J connectivity index is 0.00000342. The molecule has 4 rings (SSSR count). The van der Waals surface area contributed by atoms with Crippen LogP contribution in [0, 0.1) is 0 Å². The lowest BCUT2D eigenvalue weighted by molar-refractivity contribution is -0.277. The molecule has 190 valence electrons. The lowest BCUT2D eigenvalue weighted by Crippen LogP contribution is -3.00. The molecule has 0 saturated carbocycles. The molecule has 1 saturated heterocycles. The number of aromatic hydroxyl groups is 4. The zero-order valence-electron chi connectivity index (χ0n) is 18.1. The fourth-order valence-corrected chi connectivity index (χ4v) is 3.64. The number of fused-ring (bicyclic) bond motifs is 1. The van der Waals surface area contributed by atoms with Crippen molar-refractivity contribution in [2.24, 2.45) is 0 Å². The lowest BCUT2D eigenvalue weighted by atomic mass is 9.99. The van der Waals surface area contributed by atoms with Crippen molar-refractivity contribution in [1.82, 2.24) is 0 Å². The number of aliphatic hydroxyl groups excluding tert-OH is 4. The molecule has 2 heterocycles. The van der Waals surface area contributed by atoms with Crippen LogP contribution in [0.5, 0.6) is 34.5 Å². The van der Waals surface area contributed by atoms with E-state index in [9.17, 15) is 40.9 Å². The molecule has 2 aromatic carbocycles. The molecular formula is C22H23ClO12. The second-order valence-corrected chi connectivity index (χ2v) is 7.68. The third kappa shape index (κ3) is 4.80. The fourth-order valence-electron chi connectivity index (χ4n) is 3.64. The Labute approximate surface area is 203 Å². The molecule has 1 aliphatic rings. The Morgan fingerprint density at radius 3 is 2.26 bits per heavy atom. The largest absolute Gasteiger partial charge is 1.00 e. The van der Waals surface area contributed by atoms with Crippen LogP contribution >= 0.6 is 0 Å². The van der Waals surface area contributed by atoms with E-state index in [2.05, 4.69) is 0 Å². The Kier molecular flexibility index (Phi) is 7.65. The summed E-state index contributed by atoms with van der Waals surface area (Å²) in [5.41, 5.74) is 0.136. The van der Waals surface area contributed by atoms with Crippen molar-refractivity contribution < 1.29 is 71.9 Å². The summed E-state index contributed by atoms with van der Waals surface area (Å²) in [6.07, 6.45) is -7.88. The van der Waals surface area contributed by atoms with Crippen LogP contribution in [0.2, 0.25) is 0 Å². The van der Waals surface area contributed by atoms with Gasteiger partial charge in [-0.25, -0.2) is 4.42 Å². The third-order valence-electron chi connectivity index (χ3n) is 5.44. The van der Waals surface area contributed by atoms with Gasteiger partial charge in [-0.1, -0.05) is 0 Å². The van der Waals surface area contributed by atoms with E-state index in [4.69, 9.17) is 18.6 Å². The van der Waals surface area contributed by atoms with Gasteiger partial charge in [0.05, 0.1) is 25.3 Å². The van der Waals surface area contributed by atoms with Crippen LogP contribution < -0.4 is 21.9 Å². The molecular weight excluding hydrogens is 492 g/mol. The Bertz CT molecular complexity index is 1220. The fraction of sp³-hybridized carbons (Fsp3) is 0.318. The first-order valence-corrected chi connectivity index (χ1v) is 10.0. The van der Waals surface area contributed by atoms with E-state index in [1.165, 1.54) is 25.3 Å². The van der Waals surface area contributed by atoms with Crippen molar-refractivity contribution in [3.63, 3.8) is 0 Å². The maximum atomic E-state index is 10.4. The van der Waals surface area contributed by atoms with Crippen LogP contribution in [0.25, 0.3) is 22.3 Å². The Morgan fingerprint density at radius 2 is 1.60 bits per heavy atom. The number of hydrogen-bond donors (Lipinski definition) is 8. The molecule has 5 unspecified atom stereocenters. The van der Waals surface area contributed by atoms with Crippen molar-refractivity contribution in [2.75, 3.05) is 13.7 Å². The number of ether oxygens (including phenoxy) is 3. The van der Waals surface area contributed by atoms with Crippen molar-refractivity contribution in [1.29, 1.82) is 0 Å². The number of benzene rings is 2. The monoisotopic (exact) mass is 514 g/mol. The van der Waals surface area contributed by atoms with E-state index in [1.54, 1.807) is 0 Å². The summed E-state index contributed by atoms with van der Waals surface area (Å²) < 4.78 is 22.0. The van der Waals surface area contributed by atoms with Crippen LogP contribution in [0.4, 0.5) is 0 Å². The van der Waals surface area contributed by atoms with Crippen LogP contribution in [-0.4, -0.2) is 85.3 Å². The van der Waals surface area contributed by atoms with Gasteiger partial charge in [0, 0.05) is 24.3 Å². The molecule has 0 bridgehead atoms. The summed E-state index contributed by atoms with van der Waals surface area (Å²) in [4.78, 5) is 0. The molecule has 1 aromatic heterocycles. The molecule has 0 spiro atoms. The van der Waals surface area contributed by atoms with Gasteiger partial charge in [0.15, 0.2) is 11.5 Å². The molecule has 35 heavy (non-hydrogen) atoms. The predicted octanol–water partition coefficient (Wildman–Crippen LogP) is -2.61. The minimum atomic E-state index is -1.74. The molecule has 5 atom stereocenters. The van der Waals surface area contributed by atoms with E-state index < -0.39 is 48.8 Å². The summed E-state index contributed by atoms with van der Waals surface area (Å²) in [5.74, 6) is -2.12. The Morgan fingerprint density at radius 1 is 0.886 bits per heavy atom. The molecule has 0 aliphatic carbocycles. The first-order valence-electron chi connectivity index (χ1n) is 10.0. The highest BCUT2D eigenvalue weighted by atomic mass is 35.5. The number of phenolic OH excluding ortho intramolecular Hbond substituents is 4. The van der Waals surface area contributed by atoms with Crippen LogP contribution in [0.15, 0.2) is 34.7 Å². The highest BCUT2D eigenvalue weighted by molar-refractivity contribution is 5.88. The van der Waals surface area contributed by atoms with Gasteiger partial charge in [0.1, 0.15) is 41.3 Å². The topological polar surface area (TPSA) is 201 Å². The first kappa shape index (κ1) is 26.3. The molecule has 1 fully saturated rings. The van der Waals surface area contributed by atoms with Crippen molar-refractivity contribution >= 4 is 11.0 Å². The summed E-state index contributed by atoms with van der Waals surface area (Å²) >= 11 is 0. The summed E-state index contributed by atoms with van der Waals surface area (Å²) in [7, 11) is 1.26. The van der Waals surface area contributed by atoms with E-state index >= 15 is 0 Å². The quantitative estimate of drug-likeness (QED) is 0.130. The van der Waals surface area contributed by atoms with Gasteiger partial charge < -0.3 is 67.5 Å². The second-order valence-electron chi connectivity index (χ2n) is 7.68. The minimum Gasteiger partial charge on any atom is -1.00 e. The average molecular weight is 515 g/mol. The third-order valence-corrected chi connectivity index (χ3v) is 5.44. The summed E-state index contributed by atoms with van der Waals surface area (Å²) in [6.45, 7) is -0.678. The van der Waals surface area contributed by atoms with Crippen molar-refractivity contribution in [3.05, 3.63) is 30.3 Å². The number of phenols is 4. The minimum absolute atomic E-state index is 0. The summed E-state index contributed by atoms with van der Waals surface area (Å²) in [5, 5.41) is 80.1. The molecule has 8 N–H and O–H groups in total. The van der Waals surface area contributed by atoms with E-state index in [1.807, 2.05) is 0 Å². The normalized spacial score (nSPS) is 24.1. The highest BCUT2D eigenvalue weighted by Gasteiger charge is 2.45. The average Bonchev–Trinajstić information content (AvgIpc) is 2.81. The molecule has 0 radical (unpaired) electrons. The summed E-state index contributed by atoms with van der Waals surface area (Å²) in [6, 6.07) is 6.01. The second kappa shape index (κ2) is 10.2. The molecule has 1 aliphatic heterocycles. The molecule has 0 amide bonds. The number of methoxy groups -OCH3 is 1. The van der Waals surface area contributed by atoms with Crippen LogP contribution in [-0.2, 0) is 4.74 Å². The maximum absolute atomic E-state index is 10.4.